The van der Waals surface area contributed by atoms with Gasteiger partial charge in [0.15, 0.2) is 0 Å². The second-order valence-corrected chi connectivity index (χ2v) is 12.9. The molecule has 0 amide bonds. The molecule has 9 aromatic carbocycles. The highest BCUT2D eigenvalue weighted by atomic mass is 15.1. The van der Waals surface area contributed by atoms with E-state index in [1.165, 1.54) is 66.1 Å². The molecule has 1 heteroatoms. The van der Waals surface area contributed by atoms with Crippen LogP contribution in [-0.2, 0) is 0 Å². The standard InChI is InChI=1S/C50H35N/c1-2-16-36(17-3-1)39-22-12-24-41(34-39)46-28-8-10-31-48(46)51(50-33-15-21-38-19-5-7-27-45(38)50)49-32-11-9-29-47(49)42-25-13-23-40(35-42)44-30-14-20-37-18-4-6-26-43(37)44/h1-35H. The number of para-hydroxylation sites is 2. The Morgan fingerprint density at radius 3 is 1.31 bits per heavy atom. The summed E-state index contributed by atoms with van der Waals surface area (Å²) in [6.45, 7) is 0. The van der Waals surface area contributed by atoms with E-state index in [0.717, 1.165) is 17.1 Å². The van der Waals surface area contributed by atoms with E-state index in [2.05, 4.69) is 217 Å². The largest absolute Gasteiger partial charge is 0.309 e. The zero-order valence-corrected chi connectivity index (χ0v) is 28.2. The third-order valence-electron chi connectivity index (χ3n) is 9.85. The third-order valence-corrected chi connectivity index (χ3v) is 9.85. The van der Waals surface area contributed by atoms with Crippen LogP contribution in [0.15, 0.2) is 212 Å². The van der Waals surface area contributed by atoms with Gasteiger partial charge in [0.1, 0.15) is 0 Å². The Labute approximate surface area is 299 Å². The fraction of sp³-hybridized carbons (Fsp3) is 0. The Hall–Kier alpha value is -6.70. The molecule has 0 unspecified atom stereocenters. The molecule has 0 atom stereocenters. The molecule has 0 heterocycles. The Kier molecular flexibility index (Phi) is 7.92. The maximum atomic E-state index is 2.47. The van der Waals surface area contributed by atoms with E-state index < -0.39 is 0 Å². The van der Waals surface area contributed by atoms with Crippen molar-refractivity contribution in [2.45, 2.75) is 0 Å². The number of nitrogens with zero attached hydrogens (tertiary/aromatic N) is 1. The van der Waals surface area contributed by atoms with Gasteiger partial charge in [0.2, 0.25) is 0 Å². The molecule has 240 valence electrons. The van der Waals surface area contributed by atoms with Crippen molar-refractivity contribution in [3.8, 4) is 44.5 Å². The average molecular weight is 650 g/mol. The molecule has 9 aromatic rings. The lowest BCUT2D eigenvalue weighted by Gasteiger charge is -2.31. The molecule has 0 N–H and O–H groups in total. The molecule has 0 aromatic heterocycles. The van der Waals surface area contributed by atoms with Crippen LogP contribution >= 0.6 is 0 Å². The number of benzene rings is 9. The second-order valence-electron chi connectivity index (χ2n) is 12.9. The number of fused-ring (bicyclic) bond motifs is 2. The van der Waals surface area contributed by atoms with Gasteiger partial charge in [-0.3, -0.25) is 0 Å². The highest BCUT2D eigenvalue weighted by Crippen LogP contribution is 2.47. The Morgan fingerprint density at radius 2 is 0.627 bits per heavy atom. The van der Waals surface area contributed by atoms with E-state index in [1.807, 2.05) is 0 Å². The van der Waals surface area contributed by atoms with Crippen molar-refractivity contribution in [1.29, 1.82) is 0 Å². The predicted molar refractivity (Wildman–Crippen MR) is 218 cm³/mol. The maximum absolute atomic E-state index is 2.47. The Balaban J connectivity index is 1.26. The fourth-order valence-electron chi connectivity index (χ4n) is 7.45. The molecule has 0 bridgehead atoms. The predicted octanol–water partition coefficient (Wildman–Crippen LogP) is 14.1. The van der Waals surface area contributed by atoms with E-state index in [1.54, 1.807) is 0 Å². The second kappa shape index (κ2) is 13.3. The molecule has 0 fully saturated rings. The molecule has 0 aliphatic heterocycles. The normalized spacial score (nSPS) is 11.1. The van der Waals surface area contributed by atoms with Gasteiger partial charge in [0, 0.05) is 16.5 Å². The lowest BCUT2D eigenvalue weighted by Crippen LogP contribution is -2.13. The molecular formula is C50H35N. The van der Waals surface area contributed by atoms with E-state index in [4.69, 9.17) is 0 Å². The molecule has 0 saturated heterocycles. The lowest BCUT2D eigenvalue weighted by atomic mass is 9.93. The van der Waals surface area contributed by atoms with Crippen molar-refractivity contribution >= 4 is 38.6 Å². The summed E-state index contributed by atoms with van der Waals surface area (Å²) in [6.07, 6.45) is 0. The molecule has 9 rings (SSSR count). The van der Waals surface area contributed by atoms with Gasteiger partial charge in [0.25, 0.3) is 0 Å². The topological polar surface area (TPSA) is 3.24 Å². The number of anilines is 3. The highest BCUT2D eigenvalue weighted by Gasteiger charge is 2.22. The van der Waals surface area contributed by atoms with Crippen molar-refractivity contribution in [2.24, 2.45) is 0 Å². The molecule has 0 aliphatic rings. The van der Waals surface area contributed by atoms with Crippen LogP contribution in [0.3, 0.4) is 0 Å². The van der Waals surface area contributed by atoms with Crippen LogP contribution in [0.4, 0.5) is 17.1 Å². The van der Waals surface area contributed by atoms with Gasteiger partial charge in [-0.15, -0.1) is 0 Å². The molecule has 0 spiro atoms. The van der Waals surface area contributed by atoms with Gasteiger partial charge in [-0.25, -0.2) is 0 Å². The smallest absolute Gasteiger partial charge is 0.0540 e. The van der Waals surface area contributed by atoms with E-state index in [0.29, 0.717) is 0 Å². The van der Waals surface area contributed by atoms with Crippen LogP contribution in [0.2, 0.25) is 0 Å². The lowest BCUT2D eigenvalue weighted by molar-refractivity contribution is 1.30. The summed E-state index contributed by atoms with van der Waals surface area (Å²) in [6, 6.07) is 76.7. The van der Waals surface area contributed by atoms with Crippen LogP contribution in [-0.4, -0.2) is 0 Å². The highest BCUT2D eigenvalue weighted by molar-refractivity contribution is 6.04. The summed E-state index contributed by atoms with van der Waals surface area (Å²) in [7, 11) is 0. The fourth-order valence-corrected chi connectivity index (χ4v) is 7.45. The van der Waals surface area contributed by atoms with Gasteiger partial charge >= 0.3 is 0 Å². The van der Waals surface area contributed by atoms with Crippen molar-refractivity contribution in [1.82, 2.24) is 0 Å². The first kappa shape index (κ1) is 30.4. The van der Waals surface area contributed by atoms with Crippen molar-refractivity contribution in [2.75, 3.05) is 4.90 Å². The average Bonchev–Trinajstić information content (AvgIpc) is 3.22. The van der Waals surface area contributed by atoms with Crippen LogP contribution in [0, 0.1) is 0 Å². The zero-order chi connectivity index (χ0) is 34.0. The minimum Gasteiger partial charge on any atom is -0.309 e. The molecule has 0 saturated carbocycles. The van der Waals surface area contributed by atoms with Crippen molar-refractivity contribution in [3.05, 3.63) is 212 Å². The van der Waals surface area contributed by atoms with Crippen molar-refractivity contribution < 1.29 is 0 Å². The van der Waals surface area contributed by atoms with Gasteiger partial charge < -0.3 is 4.90 Å². The summed E-state index contributed by atoms with van der Waals surface area (Å²) in [4.78, 5) is 2.47. The van der Waals surface area contributed by atoms with E-state index >= 15 is 0 Å². The maximum Gasteiger partial charge on any atom is 0.0540 e. The summed E-state index contributed by atoms with van der Waals surface area (Å²) in [5.74, 6) is 0. The third kappa shape index (κ3) is 5.75. The van der Waals surface area contributed by atoms with Crippen molar-refractivity contribution in [3.63, 3.8) is 0 Å². The summed E-state index contributed by atoms with van der Waals surface area (Å²) in [5.41, 5.74) is 12.9. The monoisotopic (exact) mass is 649 g/mol. The zero-order valence-electron chi connectivity index (χ0n) is 28.2. The van der Waals surface area contributed by atoms with Crippen LogP contribution in [0.1, 0.15) is 0 Å². The number of rotatable bonds is 7. The molecule has 51 heavy (non-hydrogen) atoms. The number of hydrogen-bond donors (Lipinski definition) is 0. The van der Waals surface area contributed by atoms with Crippen LogP contribution in [0.5, 0.6) is 0 Å². The SMILES string of the molecule is c1ccc(-c2cccc(-c3ccccc3N(c3ccccc3-c3cccc(-c4cccc5ccccc45)c3)c3cccc4ccccc34)c2)cc1. The first-order chi connectivity index (χ1) is 25.3. The first-order valence-electron chi connectivity index (χ1n) is 17.5. The van der Waals surface area contributed by atoms with E-state index in [-0.39, 0.29) is 0 Å². The summed E-state index contributed by atoms with van der Waals surface area (Å²) >= 11 is 0. The first-order valence-corrected chi connectivity index (χ1v) is 17.5. The minimum absolute atomic E-state index is 1.12. The van der Waals surface area contributed by atoms with Gasteiger partial charge in [0.05, 0.1) is 17.1 Å². The van der Waals surface area contributed by atoms with Gasteiger partial charge in [-0.05, 0) is 79.9 Å². The number of hydrogen-bond acceptors (Lipinski definition) is 1. The van der Waals surface area contributed by atoms with Gasteiger partial charge in [-0.2, -0.15) is 0 Å². The minimum atomic E-state index is 1.12. The Morgan fingerprint density at radius 1 is 0.235 bits per heavy atom. The quantitative estimate of drug-likeness (QED) is 0.166. The Bertz CT molecular complexity index is 2640. The van der Waals surface area contributed by atoms with E-state index in [9.17, 15) is 0 Å². The molecular weight excluding hydrogens is 615 g/mol. The summed E-state index contributed by atoms with van der Waals surface area (Å²) in [5, 5.41) is 4.91. The van der Waals surface area contributed by atoms with Crippen LogP contribution in [0.25, 0.3) is 66.1 Å². The van der Waals surface area contributed by atoms with Crippen LogP contribution < -0.4 is 4.90 Å². The molecule has 0 aliphatic carbocycles. The summed E-state index contributed by atoms with van der Waals surface area (Å²) < 4.78 is 0. The molecule has 1 nitrogen and oxygen atoms in total. The van der Waals surface area contributed by atoms with Gasteiger partial charge in [-0.1, -0.05) is 182 Å². The molecule has 0 radical (unpaired) electrons.